The molecule has 1 aromatic carbocycles. The van der Waals surface area contributed by atoms with Crippen molar-refractivity contribution in [2.45, 2.75) is 17.3 Å². The number of rotatable bonds is 5. The number of Topliss-reactive ketones (excluding diaryl/α,β-unsaturated/α-hetero) is 1. The number of ketones is 1. The smallest absolute Gasteiger partial charge is 0.320 e. The van der Waals surface area contributed by atoms with E-state index in [-0.39, 0.29) is 6.42 Å². The lowest BCUT2D eigenvalue weighted by Crippen LogP contribution is -2.32. The van der Waals surface area contributed by atoms with Gasteiger partial charge in [0, 0.05) is 5.56 Å². The molecule has 0 aliphatic carbocycles. The van der Waals surface area contributed by atoms with Crippen LogP contribution < -0.4 is 5.73 Å². The second-order valence-corrected chi connectivity index (χ2v) is 4.61. The quantitative estimate of drug-likeness (QED) is 0.632. The number of benzene rings is 1. The molecule has 1 rings (SSSR count). The van der Waals surface area contributed by atoms with Crippen LogP contribution in [0.5, 0.6) is 0 Å². The number of hydrogen-bond acceptors (Lipinski definition) is 3. The van der Waals surface area contributed by atoms with Gasteiger partial charge in [-0.05, 0) is 18.1 Å². The highest BCUT2D eigenvalue weighted by atomic mass is 35.5. The van der Waals surface area contributed by atoms with Crippen molar-refractivity contribution in [2.24, 2.45) is 5.73 Å². The minimum atomic E-state index is -1.13. The van der Waals surface area contributed by atoms with Crippen LogP contribution in [0.15, 0.2) is 24.3 Å². The summed E-state index contributed by atoms with van der Waals surface area (Å²) in [5.41, 5.74) is 6.39. The van der Waals surface area contributed by atoms with Crippen molar-refractivity contribution in [3.63, 3.8) is 0 Å². The summed E-state index contributed by atoms with van der Waals surface area (Å²) in [4.78, 5) is 21.0. The number of carbonyl (C=O) groups is 2. The largest absolute Gasteiger partial charge is 0.480 e. The topological polar surface area (TPSA) is 80.4 Å². The Morgan fingerprint density at radius 1 is 1.35 bits per heavy atom. The highest BCUT2D eigenvalue weighted by molar-refractivity contribution is 6.55. The average molecular weight is 276 g/mol. The van der Waals surface area contributed by atoms with Crippen molar-refractivity contribution >= 4 is 35.0 Å². The van der Waals surface area contributed by atoms with E-state index in [0.717, 1.165) is 0 Å². The zero-order valence-corrected chi connectivity index (χ0v) is 10.3. The van der Waals surface area contributed by atoms with E-state index >= 15 is 0 Å². The Kier molecular flexibility index (Phi) is 4.93. The molecule has 0 amide bonds. The first kappa shape index (κ1) is 14.0. The van der Waals surface area contributed by atoms with E-state index in [1.807, 2.05) is 0 Å². The number of nitrogens with two attached hydrogens (primary N) is 1. The number of hydrogen-bond donors (Lipinski definition) is 2. The number of halogens is 2. The lowest BCUT2D eigenvalue weighted by molar-refractivity contribution is -0.138. The molecule has 0 fully saturated rings. The van der Waals surface area contributed by atoms with Crippen LogP contribution in [-0.4, -0.2) is 27.7 Å². The third-order valence-corrected chi connectivity index (χ3v) is 2.58. The molecule has 0 heterocycles. The van der Waals surface area contributed by atoms with E-state index in [1.54, 1.807) is 24.3 Å². The van der Waals surface area contributed by atoms with E-state index in [2.05, 4.69) is 0 Å². The van der Waals surface area contributed by atoms with Crippen molar-refractivity contribution < 1.29 is 14.7 Å². The summed E-state index contributed by atoms with van der Waals surface area (Å²) in [7, 11) is 0. The number of carboxylic acids is 1. The number of aliphatic carboxylic acids is 1. The Bertz CT molecular complexity index is 434. The van der Waals surface area contributed by atoms with Gasteiger partial charge in [-0.3, -0.25) is 9.59 Å². The lowest BCUT2D eigenvalue weighted by atomic mass is 10.0. The predicted octanol–water partition coefficient (Wildman–Crippen LogP) is 1.63. The van der Waals surface area contributed by atoms with Gasteiger partial charge in [0.1, 0.15) is 6.04 Å². The zero-order valence-electron chi connectivity index (χ0n) is 8.77. The predicted molar refractivity (Wildman–Crippen MR) is 65.6 cm³/mol. The fraction of sp³-hybridized carbons (Fsp3) is 0.273. The standard InChI is InChI=1S/C11H11Cl2NO3/c12-10(13)9(15)7-3-1-2-6(4-7)5-8(14)11(16)17/h1-4,8,10H,5,14H2,(H,16,17). The normalized spacial score (nSPS) is 12.5. The first-order chi connectivity index (χ1) is 7.91. The third kappa shape index (κ3) is 4.00. The van der Waals surface area contributed by atoms with Gasteiger partial charge < -0.3 is 10.8 Å². The Balaban J connectivity index is 2.86. The van der Waals surface area contributed by atoms with Gasteiger partial charge in [0.25, 0.3) is 0 Å². The Hall–Kier alpha value is -1.10. The Morgan fingerprint density at radius 2 is 2.00 bits per heavy atom. The van der Waals surface area contributed by atoms with E-state index in [4.69, 9.17) is 34.0 Å². The van der Waals surface area contributed by atoms with Gasteiger partial charge in [-0.1, -0.05) is 41.4 Å². The van der Waals surface area contributed by atoms with Crippen molar-refractivity contribution in [2.75, 3.05) is 0 Å². The molecule has 0 aliphatic rings. The van der Waals surface area contributed by atoms with Gasteiger partial charge in [-0.2, -0.15) is 0 Å². The summed E-state index contributed by atoms with van der Waals surface area (Å²) >= 11 is 10.9. The maximum Gasteiger partial charge on any atom is 0.320 e. The van der Waals surface area contributed by atoms with Crippen molar-refractivity contribution in [3.05, 3.63) is 35.4 Å². The molecule has 0 saturated carbocycles. The van der Waals surface area contributed by atoms with E-state index < -0.39 is 22.6 Å². The fourth-order valence-corrected chi connectivity index (χ4v) is 1.57. The van der Waals surface area contributed by atoms with Crippen LogP contribution in [-0.2, 0) is 11.2 Å². The molecule has 0 saturated heterocycles. The summed E-state index contributed by atoms with van der Waals surface area (Å²) in [6.07, 6.45) is 0.145. The first-order valence-electron chi connectivity index (χ1n) is 4.81. The molecule has 0 aromatic heterocycles. The number of carboxylic acid groups (broad SMARTS) is 1. The highest BCUT2D eigenvalue weighted by Crippen LogP contribution is 2.14. The fourth-order valence-electron chi connectivity index (χ4n) is 1.32. The lowest BCUT2D eigenvalue weighted by Gasteiger charge is -2.08. The van der Waals surface area contributed by atoms with E-state index in [0.29, 0.717) is 11.1 Å². The van der Waals surface area contributed by atoms with Crippen LogP contribution in [0.3, 0.4) is 0 Å². The SMILES string of the molecule is NC(Cc1cccc(C(=O)C(Cl)Cl)c1)C(=O)O. The summed E-state index contributed by atoms with van der Waals surface area (Å²) in [6.45, 7) is 0. The molecule has 1 atom stereocenters. The molecule has 4 nitrogen and oxygen atoms in total. The molecule has 0 bridgehead atoms. The summed E-state index contributed by atoms with van der Waals surface area (Å²) in [5.74, 6) is -1.51. The molecular weight excluding hydrogens is 265 g/mol. The Morgan fingerprint density at radius 3 is 2.53 bits per heavy atom. The van der Waals surface area contributed by atoms with Crippen molar-refractivity contribution in [3.8, 4) is 0 Å². The van der Waals surface area contributed by atoms with Crippen LogP contribution in [0.2, 0.25) is 0 Å². The molecule has 17 heavy (non-hydrogen) atoms. The second kappa shape index (κ2) is 6.00. The summed E-state index contributed by atoms with van der Waals surface area (Å²) < 4.78 is 0. The first-order valence-corrected chi connectivity index (χ1v) is 5.69. The van der Waals surface area contributed by atoms with Crippen molar-refractivity contribution in [1.29, 1.82) is 0 Å². The van der Waals surface area contributed by atoms with Gasteiger partial charge in [-0.15, -0.1) is 0 Å². The van der Waals surface area contributed by atoms with Crippen LogP contribution in [0.25, 0.3) is 0 Å². The molecule has 1 aromatic rings. The molecule has 1 unspecified atom stereocenters. The molecule has 92 valence electrons. The summed E-state index contributed by atoms with van der Waals surface area (Å²) in [6, 6.07) is 5.44. The van der Waals surface area contributed by atoms with Gasteiger partial charge in [0.05, 0.1) is 0 Å². The molecule has 0 radical (unpaired) electrons. The van der Waals surface area contributed by atoms with Crippen molar-refractivity contribution in [1.82, 2.24) is 0 Å². The van der Waals surface area contributed by atoms with Gasteiger partial charge >= 0.3 is 5.97 Å². The maximum atomic E-state index is 11.5. The third-order valence-electron chi connectivity index (χ3n) is 2.18. The van der Waals surface area contributed by atoms with Crippen LogP contribution in [0.4, 0.5) is 0 Å². The van der Waals surface area contributed by atoms with Gasteiger partial charge in [0.15, 0.2) is 10.6 Å². The number of alkyl halides is 2. The number of carbonyl (C=O) groups excluding carboxylic acids is 1. The minimum Gasteiger partial charge on any atom is -0.480 e. The Labute approximate surface area is 108 Å². The monoisotopic (exact) mass is 275 g/mol. The maximum absolute atomic E-state index is 11.5. The van der Waals surface area contributed by atoms with Crippen LogP contribution >= 0.6 is 23.2 Å². The molecule has 0 spiro atoms. The molecule has 3 N–H and O–H groups in total. The zero-order chi connectivity index (χ0) is 13.0. The second-order valence-electron chi connectivity index (χ2n) is 3.51. The molecular formula is C11H11Cl2NO3. The molecule has 6 heteroatoms. The van der Waals surface area contributed by atoms with Crippen LogP contribution in [0.1, 0.15) is 15.9 Å². The van der Waals surface area contributed by atoms with Gasteiger partial charge in [-0.25, -0.2) is 0 Å². The molecule has 0 aliphatic heterocycles. The van der Waals surface area contributed by atoms with Gasteiger partial charge in [0.2, 0.25) is 0 Å². The average Bonchev–Trinajstić information content (AvgIpc) is 2.28. The highest BCUT2D eigenvalue weighted by Gasteiger charge is 2.16. The summed E-state index contributed by atoms with van der Waals surface area (Å²) in [5, 5.41) is 8.68. The van der Waals surface area contributed by atoms with E-state index in [1.165, 1.54) is 0 Å². The van der Waals surface area contributed by atoms with Crippen LogP contribution in [0, 0.1) is 0 Å². The van der Waals surface area contributed by atoms with E-state index in [9.17, 15) is 9.59 Å². The minimum absolute atomic E-state index is 0.145.